The number of carbonyl (C=O) groups is 6. The summed E-state index contributed by atoms with van der Waals surface area (Å²) in [6, 6.07) is 2.36. The fourth-order valence-corrected chi connectivity index (χ4v) is 8.66. The maximum Gasteiger partial charge on any atom is 0.475 e. The molecule has 1 aromatic rings. The molecule has 276 valence electrons. The number of likely N-dealkylation sites (tertiary alicyclic amines) is 1. The Bertz CT molecular complexity index is 1400. The van der Waals surface area contributed by atoms with Crippen LogP contribution < -0.4 is 5.32 Å². The maximum atomic E-state index is 13.2. The molecule has 0 radical (unpaired) electrons. The Morgan fingerprint density at radius 1 is 0.882 bits per heavy atom. The van der Waals surface area contributed by atoms with E-state index in [-0.39, 0.29) is 43.9 Å². The summed E-state index contributed by atoms with van der Waals surface area (Å²) in [6.45, 7) is 5.84. The predicted molar refractivity (Wildman–Crippen MR) is 179 cm³/mol. The van der Waals surface area contributed by atoms with Crippen molar-refractivity contribution in [3.63, 3.8) is 0 Å². The molecule has 4 aliphatic heterocycles. The first-order chi connectivity index (χ1) is 24.4. The molecule has 0 saturated carbocycles. The van der Waals surface area contributed by atoms with Gasteiger partial charge in [-0.25, -0.2) is 0 Å². The van der Waals surface area contributed by atoms with Gasteiger partial charge in [0.2, 0.25) is 5.91 Å². The minimum atomic E-state index is -3.94. The molecule has 1 aromatic heterocycles. The molecule has 4 aliphatic rings. The summed E-state index contributed by atoms with van der Waals surface area (Å²) < 4.78 is 16.1. The Morgan fingerprint density at radius 3 is 1.94 bits per heavy atom. The number of Topliss-reactive ketones (excluding diaryl/α,β-unsaturated/α-hetero) is 1. The number of amides is 2. The minimum absolute atomic E-state index is 0.00191. The second-order valence-electron chi connectivity index (χ2n) is 13.3. The van der Waals surface area contributed by atoms with Crippen molar-refractivity contribution >= 4 is 59.9 Å². The van der Waals surface area contributed by atoms with Gasteiger partial charge in [-0.1, -0.05) is 0 Å². The van der Waals surface area contributed by atoms with Crippen LogP contribution >= 0.6 is 0 Å². The van der Waals surface area contributed by atoms with E-state index in [1.54, 1.807) is 19.1 Å². The van der Waals surface area contributed by atoms with Crippen LogP contribution in [0.3, 0.4) is 0 Å². The molecule has 0 spiro atoms. The number of fused-ring (bicyclic) bond motifs is 7. The fraction of sp³-hybridized carbons (Fsp3) is 0.645. The standard InChI is InChI=1S/C31H48BN7O11.Ga/c1-22(31(48)39-8-2-3-26(39)32(49)50)34-30(47)23-4-5-24(33-17-23)6-7-25(40)18-35-9-11-36(19-27(41)42)13-15-38(21-29(45)46)16-14-37(12-10-35)20-28(43)44;/h4-5,17,22,26,49-50H,2-3,6-16,18-21H2,1H3,(H,34,47)(H,41,42)(H,43,44)(H,45,46);/q;+3/p-3/t22-,26+;/m1./s1. The largest absolute Gasteiger partial charge is 0.475 e. The van der Waals surface area contributed by atoms with Crippen molar-refractivity contribution < 1.29 is 49.4 Å². The molecule has 51 heavy (non-hydrogen) atoms. The molecule has 2 amide bonds. The fourth-order valence-electron chi connectivity index (χ4n) is 6.53. The van der Waals surface area contributed by atoms with E-state index in [0.29, 0.717) is 83.9 Å². The number of carbonyl (C=O) groups excluding carboxylic acids is 6. The number of aryl methyl sites for hydroxylation is 1. The Labute approximate surface area is 302 Å². The second kappa shape index (κ2) is 18.4. The molecular weight excluding hydrogens is 727 g/mol. The van der Waals surface area contributed by atoms with Crippen molar-refractivity contribution in [1.29, 1.82) is 0 Å². The van der Waals surface area contributed by atoms with E-state index in [1.165, 1.54) is 11.1 Å². The van der Waals surface area contributed by atoms with Gasteiger partial charge in [-0.2, -0.15) is 0 Å². The van der Waals surface area contributed by atoms with Crippen LogP contribution in [-0.2, 0) is 41.0 Å². The van der Waals surface area contributed by atoms with Crippen LogP contribution in [0.1, 0.15) is 42.2 Å². The predicted octanol–water partition coefficient (Wildman–Crippen LogP) is -3.43. The smallest absolute Gasteiger partial charge is 0.426 e. The number of hydrogen-bond acceptors (Lipinski definition) is 16. The summed E-state index contributed by atoms with van der Waals surface area (Å²) in [7, 11) is -1.64. The Kier molecular flexibility index (Phi) is 14.0. The topological polar surface area (TPSA) is 212 Å². The van der Waals surface area contributed by atoms with E-state index in [2.05, 4.69) is 10.3 Å². The van der Waals surface area contributed by atoms with Crippen LogP contribution in [0.4, 0.5) is 0 Å². The summed E-state index contributed by atoms with van der Waals surface area (Å²) in [5, 5.41) is 21.8. The second-order valence-corrected chi connectivity index (χ2v) is 16.0. The zero-order chi connectivity index (χ0) is 36.5. The molecular formula is C31H45BGaN7O11. The normalized spacial score (nSPS) is 25.7. The summed E-state index contributed by atoms with van der Waals surface area (Å²) in [6.07, 6.45) is 3.07. The molecule has 2 unspecified atom stereocenters. The van der Waals surface area contributed by atoms with Crippen LogP contribution in [0.25, 0.3) is 0 Å². The van der Waals surface area contributed by atoms with Crippen molar-refractivity contribution in [1.82, 2.24) is 34.8 Å². The molecule has 0 aromatic carbocycles. The minimum Gasteiger partial charge on any atom is -0.426 e. The van der Waals surface area contributed by atoms with E-state index in [0.717, 1.165) is 0 Å². The quantitative estimate of drug-likeness (QED) is 0.209. The summed E-state index contributed by atoms with van der Waals surface area (Å²) in [4.78, 5) is 90.4. The van der Waals surface area contributed by atoms with Crippen molar-refractivity contribution in [3.8, 4) is 0 Å². The monoisotopic (exact) mass is 771 g/mol. The molecule has 3 N–H and O–H groups in total. The van der Waals surface area contributed by atoms with Crippen molar-refractivity contribution in [2.45, 2.75) is 44.6 Å². The van der Waals surface area contributed by atoms with Crippen LogP contribution in [0.15, 0.2) is 18.3 Å². The van der Waals surface area contributed by atoms with Gasteiger partial charge in [0.1, 0.15) is 6.04 Å². The first kappa shape index (κ1) is 38.9. The van der Waals surface area contributed by atoms with E-state index >= 15 is 0 Å². The van der Waals surface area contributed by atoms with E-state index in [1.807, 2.05) is 19.6 Å². The zero-order valence-corrected chi connectivity index (χ0v) is 31.2. The SMILES string of the molecule is C[C@@H](NC(=O)c1ccc(CCC(=O)CN2CCN3CCN4CCN(CC2)CC(=O)[O][Ga]([O]C(=O)C3)[O]C(=O)C4)nc1)C(=O)N1CCC[C@H]1B(O)O. The number of hydrogen-bond donors (Lipinski definition) is 3. The average Bonchev–Trinajstić information content (AvgIpc) is 3.57. The van der Waals surface area contributed by atoms with Crippen molar-refractivity contribution in [3.05, 3.63) is 29.6 Å². The Balaban J connectivity index is 1.15. The molecule has 5 rings (SSSR count). The third-order valence-electron chi connectivity index (χ3n) is 9.46. The summed E-state index contributed by atoms with van der Waals surface area (Å²) in [5.74, 6) is -3.43. The Morgan fingerprint density at radius 2 is 1.43 bits per heavy atom. The molecule has 4 atom stereocenters. The van der Waals surface area contributed by atoms with Crippen LogP contribution in [0.2, 0.25) is 0 Å². The molecule has 20 heteroatoms. The van der Waals surface area contributed by atoms with Gasteiger partial charge in [-0.3, -0.25) is 14.6 Å². The number of aromatic nitrogens is 1. The molecule has 18 nitrogen and oxygen atoms in total. The van der Waals surface area contributed by atoms with Gasteiger partial charge in [0.15, 0.2) is 0 Å². The Hall–Kier alpha value is -3.37. The van der Waals surface area contributed by atoms with Crippen molar-refractivity contribution in [2.24, 2.45) is 0 Å². The first-order valence-electron chi connectivity index (χ1n) is 17.4. The van der Waals surface area contributed by atoms with Gasteiger partial charge in [0.25, 0.3) is 5.91 Å². The van der Waals surface area contributed by atoms with Crippen molar-refractivity contribution in [2.75, 3.05) is 85.1 Å². The molecule has 5 heterocycles. The number of rotatable bonds is 9. The third-order valence-corrected chi connectivity index (χ3v) is 12.3. The van der Waals surface area contributed by atoms with Gasteiger partial charge >= 0.3 is 195 Å². The van der Waals surface area contributed by atoms with Gasteiger partial charge in [-0.05, 0) is 31.9 Å². The number of nitrogens with zero attached hydrogens (tertiary/aromatic N) is 6. The summed E-state index contributed by atoms with van der Waals surface area (Å²) >= 11 is -3.94. The van der Waals surface area contributed by atoms with Gasteiger partial charge in [0, 0.05) is 12.7 Å². The molecule has 4 fully saturated rings. The molecule has 0 aliphatic carbocycles. The average molecular weight is 772 g/mol. The van der Waals surface area contributed by atoms with Crippen LogP contribution in [0, 0.1) is 0 Å². The summed E-state index contributed by atoms with van der Waals surface area (Å²) in [5.41, 5.74) is 0.860. The molecule has 4 bridgehead atoms. The third kappa shape index (κ3) is 11.6. The van der Waals surface area contributed by atoms with E-state index in [9.17, 15) is 38.8 Å². The molecule has 4 saturated heterocycles. The van der Waals surface area contributed by atoms with Crippen LogP contribution in [-0.4, -0.2) is 197 Å². The first-order valence-corrected chi connectivity index (χ1v) is 20.3. The van der Waals surface area contributed by atoms with Gasteiger partial charge in [-0.15, -0.1) is 0 Å². The van der Waals surface area contributed by atoms with Crippen LogP contribution in [0.5, 0.6) is 0 Å². The van der Waals surface area contributed by atoms with Gasteiger partial charge in [0.05, 0.1) is 11.5 Å². The number of pyridine rings is 1. The maximum absolute atomic E-state index is 13.2. The number of ketones is 1. The number of nitrogens with one attached hydrogen (secondary N) is 1. The van der Waals surface area contributed by atoms with E-state index in [4.69, 9.17) is 10.6 Å². The zero-order valence-electron chi connectivity index (χ0n) is 28.8. The van der Waals surface area contributed by atoms with E-state index < -0.39 is 66.1 Å². The van der Waals surface area contributed by atoms with Gasteiger partial charge < -0.3 is 20.3 Å².